The smallest absolute Gasteiger partial charge is 0.266 e. The SMILES string of the molecule is Cc1cnccc1-c1cc2c3c([nH]c(=O)c2s1)[C@](O)(C(C)(C)C)COC3. The van der Waals surface area contributed by atoms with Crippen LogP contribution in [0.15, 0.2) is 29.3 Å². The predicted octanol–water partition coefficient (Wildman–Crippen LogP) is 3.72. The molecule has 0 aromatic carbocycles. The number of nitrogens with one attached hydrogen (secondary N) is 1. The highest BCUT2D eigenvalue weighted by Gasteiger charge is 2.47. The monoisotopic (exact) mass is 370 g/mol. The summed E-state index contributed by atoms with van der Waals surface area (Å²) < 4.78 is 6.41. The van der Waals surface area contributed by atoms with Crippen LogP contribution in [-0.4, -0.2) is 21.7 Å². The Bertz CT molecular complexity index is 1060. The molecule has 0 saturated heterocycles. The van der Waals surface area contributed by atoms with Crippen molar-refractivity contribution in [3.8, 4) is 10.4 Å². The molecule has 4 rings (SSSR count). The Hall–Kier alpha value is -2.02. The second-order valence-electron chi connectivity index (χ2n) is 7.95. The fourth-order valence-electron chi connectivity index (χ4n) is 3.51. The van der Waals surface area contributed by atoms with Crippen LogP contribution in [0.2, 0.25) is 0 Å². The van der Waals surface area contributed by atoms with E-state index in [1.54, 1.807) is 6.20 Å². The number of aromatic amines is 1. The molecular formula is C20H22N2O3S. The van der Waals surface area contributed by atoms with Gasteiger partial charge in [-0.05, 0) is 35.6 Å². The molecule has 6 heteroatoms. The molecule has 0 spiro atoms. The highest BCUT2D eigenvalue weighted by molar-refractivity contribution is 7.22. The largest absolute Gasteiger partial charge is 0.381 e. The van der Waals surface area contributed by atoms with Crippen LogP contribution in [0.5, 0.6) is 0 Å². The second-order valence-corrected chi connectivity index (χ2v) is 9.01. The van der Waals surface area contributed by atoms with Gasteiger partial charge in [-0.15, -0.1) is 11.3 Å². The summed E-state index contributed by atoms with van der Waals surface area (Å²) in [7, 11) is 0. The van der Waals surface area contributed by atoms with Crippen molar-refractivity contribution in [2.24, 2.45) is 5.41 Å². The summed E-state index contributed by atoms with van der Waals surface area (Å²) in [5.41, 5.74) is 1.72. The van der Waals surface area contributed by atoms with Gasteiger partial charge in [0.05, 0.1) is 18.9 Å². The molecule has 136 valence electrons. The van der Waals surface area contributed by atoms with Crippen molar-refractivity contribution in [1.29, 1.82) is 0 Å². The zero-order chi connectivity index (χ0) is 18.7. The summed E-state index contributed by atoms with van der Waals surface area (Å²) in [5.74, 6) is 0. The van der Waals surface area contributed by atoms with Crippen LogP contribution in [0.4, 0.5) is 0 Å². The second kappa shape index (κ2) is 5.74. The third kappa shape index (κ3) is 2.44. The van der Waals surface area contributed by atoms with Gasteiger partial charge < -0.3 is 14.8 Å². The molecule has 5 nitrogen and oxygen atoms in total. The minimum absolute atomic E-state index is 0.161. The molecule has 3 aromatic heterocycles. The third-order valence-electron chi connectivity index (χ3n) is 5.30. The molecule has 0 unspecified atom stereocenters. The minimum Gasteiger partial charge on any atom is -0.381 e. The molecule has 0 radical (unpaired) electrons. The number of aryl methyl sites for hydroxylation is 1. The van der Waals surface area contributed by atoms with Crippen LogP contribution in [0.25, 0.3) is 20.5 Å². The van der Waals surface area contributed by atoms with E-state index in [-0.39, 0.29) is 12.2 Å². The normalized spacial score (nSPS) is 20.3. The number of aliphatic hydroxyl groups is 1. The Morgan fingerprint density at radius 1 is 1.38 bits per heavy atom. The zero-order valence-corrected chi connectivity index (χ0v) is 16.2. The van der Waals surface area contributed by atoms with Gasteiger partial charge in [-0.3, -0.25) is 9.78 Å². The molecule has 1 aliphatic heterocycles. The summed E-state index contributed by atoms with van der Waals surface area (Å²) in [6, 6.07) is 4.00. The van der Waals surface area contributed by atoms with E-state index in [1.165, 1.54) is 11.3 Å². The molecule has 0 amide bonds. The van der Waals surface area contributed by atoms with E-state index in [4.69, 9.17) is 4.74 Å². The number of hydrogen-bond donors (Lipinski definition) is 2. The summed E-state index contributed by atoms with van der Waals surface area (Å²) >= 11 is 1.46. The molecule has 1 aliphatic rings. The molecule has 3 aromatic rings. The van der Waals surface area contributed by atoms with Crippen molar-refractivity contribution in [1.82, 2.24) is 9.97 Å². The number of hydrogen-bond acceptors (Lipinski definition) is 5. The van der Waals surface area contributed by atoms with Crippen molar-refractivity contribution < 1.29 is 9.84 Å². The maximum atomic E-state index is 12.8. The van der Waals surface area contributed by atoms with E-state index in [0.29, 0.717) is 17.0 Å². The number of nitrogens with zero attached hydrogens (tertiary/aromatic N) is 1. The lowest BCUT2D eigenvalue weighted by Gasteiger charge is -2.43. The lowest BCUT2D eigenvalue weighted by Crippen LogP contribution is -2.48. The van der Waals surface area contributed by atoms with Crippen molar-refractivity contribution in [3.63, 3.8) is 0 Å². The quantitative estimate of drug-likeness (QED) is 0.684. The van der Waals surface area contributed by atoms with Crippen LogP contribution in [0.3, 0.4) is 0 Å². The maximum Gasteiger partial charge on any atom is 0.266 e. The molecule has 1 atom stereocenters. The first-order valence-electron chi connectivity index (χ1n) is 8.62. The van der Waals surface area contributed by atoms with Gasteiger partial charge in [-0.1, -0.05) is 20.8 Å². The topological polar surface area (TPSA) is 75.2 Å². The number of pyridine rings is 2. The fraction of sp³-hybridized carbons (Fsp3) is 0.400. The molecule has 0 aliphatic carbocycles. The van der Waals surface area contributed by atoms with Gasteiger partial charge in [0.1, 0.15) is 10.3 Å². The number of aromatic nitrogens is 2. The maximum absolute atomic E-state index is 12.8. The lowest BCUT2D eigenvalue weighted by atomic mass is 9.72. The van der Waals surface area contributed by atoms with E-state index in [9.17, 15) is 9.90 Å². The van der Waals surface area contributed by atoms with E-state index < -0.39 is 11.0 Å². The summed E-state index contributed by atoms with van der Waals surface area (Å²) in [6.45, 7) is 8.42. The number of thiophene rings is 1. The van der Waals surface area contributed by atoms with Crippen molar-refractivity contribution in [2.45, 2.75) is 39.9 Å². The summed E-state index contributed by atoms with van der Waals surface area (Å²) in [6.07, 6.45) is 3.58. The molecule has 2 N–H and O–H groups in total. The van der Waals surface area contributed by atoms with Crippen LogP contribution < -0.4 is 5.56 Å². The number of rotatable bonds is 1. The lowest BCUT2D eigenvalue weighted by molar-refractivity contribution is -0.139. The van der Waals surface area contributed by atoms with E-state index >= 15 is 0 Å². The van der Waals surface area contributed by atoms with Gasteiger partial charge >= 0.3 is 0 Å². The Kier molecular flexibility index (Phi) is 3.84. The fourth-order valence-corrected chi connectivity index (χ4v) is 4.69. The van der Waals surface area contributed by atoms with Gasteiger partial charge in [0.2, 0.25) is 0 Å². The predicted molar refractivity (Wildman–Crippen MR) is 103 cm³/mol. The van der Waals surface area contributed by atoms with Crippen molar-refractivity contribution >= 4 is 21.4 Å². The van der Waals surface area contributed by atoms with Crippen LogP contribution in [0, 0.1) is 12.3 Å². The van der Waals surface area contributed by atoms with Gasteiger partial charge in [0, 0.05) is 28.2 Å². The van der Waals surface area contributed by atoms with E-state index in [2.05, 4.69) is 9.97 Å². The first-order valence-corrected chi connectivity index (χ1v) is 9.44. The van der Waals surface area contributed by atoms with E-state index in [0.717, 1.165) is 27.0 Å². The Balaban J connectivity index is 2.00. The number of H-pyrrole nitrogens is 1. The Morgan fingerprint density at radius 3 is 2.85 bits per heavy atom. The number of ether oxygens (including phenoxy) is 1. The molecule has 4 heterocycles. The van der Waals surface area contributed by atoms with Gasteiger partial charge in [0.25, 0.3) is 5.56 Å². The summed E-state index contributed by atoms with van der Waals surface area (Å²) in [4.78, 5) is 20.9. The molecule has 0 bridgehead atoms. The van der Waals surface area contributed by atoms with E-state index in [1.807, 2.05) is 46.0 Å². The molecule has 0 saturated carbocycles. The third-order valence-corrected chi connectivity index (χ3v) is 6.47. The van der Waals surface area contributed by atoms with Gasteiger partial charge in [-0.25, -0.2) is 0 Å². The van der Waals surface area contributed by atoms with Crippen molar-refractivity contribution in [2.75, 3.05) is 6.61 Å². The van der Waals surface area contributed by atoms with Crippen LogP contribution >= 0.6 is 11.3 Å². The van der Waals surface area contributed by atoms with Crippen LogP contribution in [-0.2, 0) is 16.9 Å². The zero-order valence-electron chi connectivity index (χ0n) is 15.3. The number of fused-ring (bicyclic) bond motifs is 3. The summed E-state index contributed by atoms with van der Waals surface area (Å²) in [5, 5.41) is 12.2. The minimum atomic E-state index is -1.23. The molecule has 26 heavy (non-hydrogen) atoms. The average Bonchev–Trinajstić information content (AvgIpc) is 3.01. The van der Waals surface area contributed by atoms with Crippen LogP contribution in [0.1, 0.15) is 37.6 Å². The Morgan fingerprint density at radius 2 is 2.15 bits per heavy atom. The Labute approximate surface area is 155 Å². The first kappa shape index (κ1) is 17.4. The standard InChI is InChI=1S/C20H22N2O3S/c1-11-8-21-6-5-12(11)15-7-13-14-9-25-10-20(24,19(2,3)4)17(14)22-18(23)16(13)26-15/h5-8,24H,9-10H2,1-4H3,(H,22,23)/t20-/m0/s1. The highest BCUT2D eigenvalue weighted by Crippen LogP contribution is 2.45. The highest BCUT2D eigenvalue weighted by atomic mass is 32.1. The molecule has 0 fully saturated rings. The first-order chi connectivity index (χ1) is 12.2. The van der Waals surface area contributed by atoms with Crippen molar-refractivity contribution in [3.05, 3.63) is 51.7 Å². The average molecular weight is 370 g/mol. The van der Waals surface area contributed by atoms with Gasteiger partial charge in [0.15, 0.2) is 0 Å². The molecular weight excluding hydrogens is 348 g/mol. The van der Waals surface area contributed by atoms with Gasteiger partial charge in [-0.2, -0.15) is 0 Å².